The standard InChI is InChI=1S/C20H18BrNO3S/c1-14-6-12-17(13-7-14)26(24,25)22-19-5-3-2-4-18(19)20(23)15-8-10-16(21)11-9-15/h2-13,20,22-23H,1H3. The molecule has 0 saturated heterocycles. The number of hydrogen-bond acceptors (Lipinski definition) is 3. The Hall–Kier alpha value is -2.15. The highest BCUT2D eigenvalue weighted by molar-refractivity contribution is 9.10. The number of nitrogens with one attached hydrogen (secondary N) is 1. The fourth-order valence-corrected chi connectivity index (χ4v) is 3.93. The van der Waals surface area contributed by atoms with Gasteiger partial charge in [0.15, 0.2) is 0 Å². The zero-order valence-electron chi connectivity index (χ0n) is 14.1. The van der Waals surface area contributed by atoms with Gasteiger partial charge in [-0.3, -0.25) is 4.72 Å². The van der Waals surface area contributed by atoms with Crippen molar-refractivity contribution in [3.8, 4) is 0 Å². The number of aliphatic hydroxyl groups excluding tert-OH is 1. The number of para-hydroxylation sites is 1. The summed E-state index contributed by atoms with van der Waals surface area (Å²) in [6, 6.07) is 20.7. The lowest BCUT2D eigenvalue weighted by Crippen LogP contribution is -2.15. The minimum absolute atomic E-state index is 0.177. The smallest absolute Gasteiger partial charge is 0.261 e. The van der Waals surface area contributed by atoms with Gasteiger partial charge in [-0.25, -0.2) is 8.42 Å². The van der Waals surface area contributed by atoms with Crippen molar-refractivity contribution in [2.75, 3.05) is 4.72 Å². The van der Waals surface area contributed by atoms with Gasteiger partial charge in [0, 0.05) is 10.0 Å². The van der Waals surface area contributed by atoms with Gasteiger partial charge >= 0.3 is 0 Å². The molecule has 0 heterocycles. The summed E-state index contributed by atoms with van der Waals surface area (Å²) in [5.41, 5.74) is 2.50. The zero-order chi connectivity index (χ0) is 18.7. The number of aryl methyl sites for hydroxylation is 1. The molecule has 0 bridgehead atoms. The van der Waals surface area contributed by atoms with Gasteiger partial charge in [0.2, 0.25) is 0 Å². The Kier molecular flexibility index (Phi) is 5.46. The lowest BCUT2D eigenvalue weighted by Gasteiger charge is -2.17. The van der Waals surface area contributed by atoms with E-state index < -0.39 is 16.1 Å². The fourth-order valence-electron chi connectivity index (χ4n) is 2.57. The molecule has 1 atom stereocenters. The summed E-state index contributed by atoms with van der Waals surface area (Å²) < 4.78 is 28.8. The van der Waals surface area contributed by atoms with Crippen LogP contribution in [-0.2, 0) is 10.0 Å². The first-order chi connectivity index (χ1) is 12.4. The second-order valence-electron chi connectivity index (χ2n) is 5.96. The Morgan fingerprint density at radius 2 is 1.54 bits per heavy atom. The van der Waals surface area contributed by atoms with Crippen molar-refractivity contribution in [3.05, 3.63) is 94.0 Å². The number of anilines is 1. The highest BCUT2D eigenvalue weighted by Gasteiger charge is 2.19. The van der Waals surface area contributed by atoms with Gasteiger partial charge in [-0.15, -0.1) is 0 Å². The molecule has 2 N–H and O–H groups in total. The molecule has 0 aliphatic rings. The molecule has 0 aliphatic carbocycles. The monoisotopic (exact) mass is 431 g/mol. The second-order valence-corrected chi connectivity index (χ2v) is 8.56. The van der Waals surface area contributed by atoms with E-state index in [9.17, 15) is 13.5 Å². The maximum absolute atomic E-state index is 12.7. The number of hydrogen-bond donors (Lipinski definition) is 2. The minimum Gasteiger partial charge on any atom is -0.384 e. The van der Waals surface area contributed by atoms with E-state index in [4.69, 9.17) is 0 Å². The third kappa shape index (κ3) is 4.15. The molecule has 0 saturated carbocycles. The van der Waals surface area contributed by atoms with Gasteiger partial charge in [0.25, 0.3) is 10.0 Å². The van der Waals surface area contributed by atoms with Crippen LogP contribution in [0.5, 0.6) is 0 Å². The van der Waals surface area contributed by atoms with Gasteiger partial charge in [-0.2, -0.15) is 0 Å². The van der Waals surface area contributed by atoms with Crippen LogP contribution in [0.15, 0.2) is 82.2 Å². The molecular formula is C20H18BrNO3S. The van der Waals surface area contributed by atoms with Crippen LogP contribution in [0.4, 0.5) is 5.69 Å². The number of benzene rings is 3. The number of rotatable bonds is 5. The van der Waals surface area contributed by atoms with E-state index in [1.165, 1.54) is 0 Å². The highest BCUT2D eigenvalue weighted by Crippen LogP contribution is 2.30. The van der Waals surface area contributed by atoms with Crippen molar-refractivity contribution in [1.29, 1.82) is 0 Å². The first-order valence-corrected chi connectivity index (χ1v) is 10.3. The Bertz CT molecular complexity index is 1000. The molecule has 0 amide bonds. The van der Waals surface area contributed by atoms with E-state index in [0.29, 0.717) is 16.8 Å². The van der Waals surface area contributed by atoms with Crippen molar-refractivity contribution in [3.63, 3.8) is 0 Å². The van der Waals surface area contributed by atoms with E-state index in [-0.39, 0.29) is 4.90 Å². The van der Waals surface area contributed by atoms with Crippen molar-refractivity contribution in [1.82, 2.24) is 0 Å². The second kappa shape index (κ2) is 7.61. The predicted octanol–water partition coefficient (Wildman–Crippen LogP) is 4.64. The molecule has 134 valence electrons. The Morgan fingerprint density at radius 1 is 0.923 bits per heavy atom. The van der Waals surface area contributed by atoms with Crippen molar-refractivity contribution < 1.29 is 13.5 Å². The van der Waals surface area contributed by atoms with Gasteiger partial charge in [-0.05, 0) is 42.8 Å². The van der Waals surface area contributed by atoms with E-state index in [1.54, 1.807) is 60.7 Å². The van der Waals surface area contributed by atoms with Gasteiger partial charge in [0.1, 0.15) is 6.10 Å². The average Bonchev–Trinajstić information content (AvgIpc) is 2.62. The summed E-state index contributed by atoms with van der Waals surface area (Å²) in [6.45, 7) is 1.90. The number of aliphatic hydroxyl groups is 1. The van der Waals surface area contributed by atoms with Crippen LogP contribution in [0, 0.1) is 6.92 Å². The van der Waals surface area contributed by atoms with Gasteiger partial charge in [-0.1, -0.05) is 64.0 Å². The average molecular weight is 432 g/mol. The predicted molar refractivity (Wildman–Crippen MR) is 107 cm³/mol. The first-order valence-electron chi connectivity index (χ1n) is 7.99. The minimum atomic E-state index is -3.74. The third-order valence-corrected chi connectivity index (χ3v) is 5.93. The first kappa shape index (κ1) is 18.6. The largest absolute Gasteiger partial charge is 0.384 e. The van der Waals surface area contributed by atoms with Gasteiger partial charge in [0.05, 0.1) is 10.6 Å². The Labute approximate surface area is 161 Å². The maximum atomic E-state index is 12.7. The maximum Gasteiger partial charge on any atom is 0.261 e. The molecule has 4 nitrogen and oxygen atoms in total. The molecule has 0 aliphatic heterocycles. The number of sulfonamides is 1. The molecule has 6 heteroatoms. The number of halogens is 1. The molecule has 0 fully saturated rings. The summed E-state index contributed by atoms with van der Waals surface area (Å²) in [4.78, 5) is 0.177. The molecule has 3 rings (SSSR count). The molecule has 26 heavy (non-hydrogen) atoms. The van der Waals surface area contributed by atoms with Crippen LogP contribution in [0.2, 0.25) is 0 Å². The van der Waals surface area contributed by atoms with Crippen LogP contribution in [0.25, 0.3) is 0 Å². The van der Waals surface area contributed by atoms with Crippen LogP contribution < -0.4 is 4.72 Å². The van der Waals surface area contributed by atoms with Crippen LogP contribution in [0.3, 0.4) is 0 Å². The summed E-state index contributed by atoms with van der Waals surface area (Å²) in [7, 11) is -3.74. The van der Waals surface area contributed by atoms with E-state index in [2.05, 4.69) is 20.7 Å². The fraction of sp³-hybridized carbons (Fsp3) is 0.100. The van der Waals surface area contributed by atoms with Crippen LogP contribution in [-0.4, -0.2) is 13.5 Å². The topological polar surface area (TPSA) is 66.4 Å². The van der Waals surface area contributed by atoms with Crippen LogP contribution >= 0.6 is 15.9 Å². The van der Waals surface area contributed by atoms with E-state index in [0.717, 1.165) is 10.0 Å². The Morgan fingerprint density at radius 3 is 2.19 bits per heavy atom. The summed E-state index contributed by atoms with van der Waals surface area (Å²) >= 11 is 3.36. The molecule has 0 spiro atoms. The van der Waals surface area contributed by atoms with E-state index >= 15 is 0 Å². The molecule has 1 unspecified atom stereocenters. The normalized spacial score (nSPS) is 12.6. The molecular weight excluding hydrogens is 414 g/mol. The lowest BCUT2D eigenvalue weighted by atomic mass is 10.0. The molecule has 3 aromatic rings. The third-order valence-electron chi connectivity index (χ3n) is 4.02. The van der Waals surface area contributed by atoms with Crippen molar-refractivity contribution >= 4 is 31.6 Å². The van der Waals surface area contributed by atoms with Gasteiger partial charge < -0.3 is 5.11 Å². The summed E-state index contributed by atoms with van der Waals surface area (Å²) in [5.74, 6) is 0. The zero-order valence-corrected chi connectivity index (χ0v) is 16.5. The van der Waals surface area contributed by atoms with Crippen LogP contribution in [0.1, 0.15) is 22.8 Å². The molecule has 0 aromatic heterocycles. The highest BCUT2D eigenvalue weighted by atomic mass is 79.9. The van der Waals surface area contributed by atoms with Crippen molar-refractivity contribution in [2.24, 2.45) is 0 Å². The summed E-state index contributed by atoms with van der Waals surface area (Å²) in [6.07, 6.45) is -0.944. The molecule has 3 aromatic carbocycles. The van der Waals surface area contributed by atoms with Crippen molar-refractivity contribution in [2.45, 2.75) is 17.9 Å². The lowest BCUT2D eigenvalue weighted by molar-refractivity contribution is 0.221. The van der Waals surface area contributed by atoms with E-state index in [1.807, 2.05) is 19.1 Å². The summed E-state index contributed by atoms with van der Waals surface area (Å²) in [5, 5.41) is 10.7. The Balaban J connectivity index is 1.94. The quantitative estimate of drug-likeness (QED) is 0.618. The molecule has 0 radical (unpaired) electrons. The SMILES string of the molecule is Cc1ccc(S(=O)(=O)Nc2ccccc2C(O)c2ccc(Br)cc2)cc1.